The first-order chi connectivity index (χ1) is 38.5. The summed E-state index contributed by atoms with van der Waals surface area (Å²) < 4.78 is 16.9. The lowest BCUT2D eigenvalue weighted by atomic mass is 10.0. The van der Waals surface area contributed by atoms with Gasteiger partial charge in [0.25, 0.3) is 0 Å². The third-order valence-corrected chi connectivity index (χ3v) is 14.3. The zero-order valence-electron chi connectivity index (χ0n) is 51.4. The molecular weight excluding hydrogens is 961 g/mol. The number of carbonyl (C=O) groups is 3. The van der Waals surface area contributed by atoms with Gasteiger partial charge in [0, 0.05) is 19.3 Å². The van der Waals surface area contributed by atoms with Crippen molar-refractivity contribution in [3.63, 3.8) is 0 Å². The normalized spacial score (nSPS) is 12.7. The number of hydrogen-bond acceptors (Lipinski definition) is 6. The Labute approximate surface area is 483 Å². The first-order valence-electron chi connectivity index (χ1n) is 33.2. The van der Waals surface area contributed by atoms with Crippen LogP contribution in [0.25, 0.3) is 0 Å². The third kappa shape index (κ3) is 63.2. The van der Waals surface area contributed by atoms with Crippen LogP contribution in [0.15, 0.2) is 97.2 Å². The average Bonchev–Trinajstić information content (AvgIpc) is 3.44. The average molecular weight is 1090 g/mol. The Morgan fingerprint density at radius 1 is 0.269 bits per heavy atom. The van der Waals surface area contributed by atoms with Gasteiger partial charge in [-0.05, 0) is 103 Å². The molecule has 0 aliphatic carbocycles. The van der Waals surface area contributed by atoms with E-state index in [0.29, 0.717) is 19.3 Å². The second-order valence-corrected chi connectivity index (χ2v) is 22.0. The molecule has 0 N–H and O–H groups in total. The summed E-state index contributed by atoms with van der Waals surface area (Å²) in [6.07, 6.45) is 88.4. The molecule has 0 aromatic heterocycles. The number of carbonyl (C=O) groups excluding carboxylic acids is 3. The van der Waals surface area contributed by atoms with Crippen LogP contribution in [0.4, 0.5) is 0 Å². The van der Waals surface area contributed by atoms with Crippen LogP contribution in [0.3, 0.4) is 0 Å². The van der Waals surface area contributed by atoms with Gasteiger partial charge in [0.15, 0.2) is 6.10 Å². The van der Waals surface area contributed by atoms with Crippen molar-refractivity contribution in [1.29, 1.82) is 0 Å². The molecule has 0 spiro atoms. The van der Waals surface area contributed by atoms with E-state index < -0.39 is 6.10 Å². The Kier molecular flexibility index (Phi) is 62.7. The first-order valence-corrected chi connectivity index (χ1v) is 33.2. The Balaban J connectivity index is 4.31. The molecule has 78 heavy (non-hydrogen) atoms. The minimum absolute atomic E-state index is 0.0808. The number of rotatable bonds is 60. The number of ether oxygens (including phenoxy) is 3. The Bertz CT molecular complexity index is 1530. The van der Waals surface area contributed by atoms with Crippen molar-refractivity contribution in [1.82, 2.24) is 0 Å². The summed E-state index contributed by atoms with van der Waals surface area (Å²) in [5.41, 5.74) is 0. The molecule has 0 radical (unpaired) electrons. The molecule has 0 bridgehead atoms. The highest BCUT2D eigenvalue weighted by atomic mass is 16.6. The second kappa shape index (κ2) is 65.8. The molecule has 1 atom stereocenters. The SMILES string of the molecule is CC/C=C\C/C=C\C/C=C\C/C=C\C/C=C\CCCCCCCCCCCCCC(=O)OCC(COC(=O)CCCCCCCCCCCCCC)OC(=O)CCCCCCCC/C=C\C/C=C\C/C=C\CCCCCCC. The molecule has 0 fully saturated rings. The van der Waals surface area contributed by atoms with Crippen molar-refractivity contribution in [2.45, 2.75) is 329 Å². The van der Waals surface area contributed by atoms with Crippen LogP contribution in [0, 0.1) is 0 Å². The maximum atomic E-state index is 12.9. The van der Waals surface area contributed by atoms with Gasteiger partial charge in [-0.25, -0.2) is 0 Å². The van der Waals surface area contributed by atoms with Gasteiger partial charge in [0.2, 0.25) is 0 Å². The maximum Gasteiger partial charge on any atom is 0.306 e. The fourth-order valence-electron chi connectivity index (χ4n) is 9.36. The van der Waals surface area contributed by atoms with Crippen LogP contribution in [-0.2, 0) is 28.6 Å². The van der Waals surface area contributed by atoms with Gasteiger partial charge >= 0.3 is 17.9 Å². The highest BCUT2D eigenvalue weighted by Gasteiger charge is 2.19. The lowest BCUT2D eigenvalue weighted by Crippen LogP contribution is -2.30. The molecule has 0 aliphatic rings. The summed E-state index contributed by atoms with van der Waals surface area (Å²) in [5.74, 6) is -0.885. The minimum Gasteiger partial charge on any atom is -0.462 e. The van der Waals surface area contributed by atoms with Gasteiger partial charge < -0.3 is 14.2 Å². The van der Waals surface area contributed by atoms with Crippen LogP contribution in [-0.4, -0.2) is 37.2 Å². The molecule has 0 aromatic rings. The van der Waals surface area contributed by atoms with E-state index >= 15 is 0 Å². The van der Waals surface area contributed by atoms with E-state index in [1.807, 2.05) is 0 Å². The zero-order chi connectivity index (χ0) is 56.4. The van der Waals surface area contributed by atoms with Crippen LogP contribution in [0.2, 0.25) is 0 Å². The predicted octanol–water partition coefficient (Wildman–Crippen LogP) is 22.8. The molecule has 0 heterocycles. The summed E-state index contributed by atoms with van der Waals surface area (Å²) in [6, 6.07) is 0. The predicted molar refractivity (Wildman–Crippen MR) is 339 cm³/mol. The molecule has 0 rings (SSSR count). The Morgan fingerprint density at radius 3 is 0.782 bits per heavy atom. The summed E-state index contributed by atoms with van der Waals surface area (Å²) in [5, 5.41) is 0. The monoisotopic (exact) mass is 1080 g/mol. The topological polar surface area (TPSA) is 78.9 Å². The largest absolute Gasteiger partial charge is 0.462 e. The van der Waals surface area contributed by atoms with Crippen LogP contribution >= 0.6 is 0 Å². The van der Waals surface area contributed by atoms with Crippen molar-refractivity contribution in [2.75, 3.05) is 13.2 Å². The van der Waals surface area contributed by atoms with Gasteiger partial charge in [0.05, 0.1) is 0 Å². The van der Waals surface area contributed by atoms with Gasteiger partial charge in [-0.15, -0.1) is 0 Å². The molecule has 0 amide bonds. The van der Waals surface area contributed by atoms with Crippen LogP contribution in [0.1, 0.15) is 323 Å². The van der Waals surface area contributed by atoms with Crippen molar-refractivity contribution in [2.24, 2.45) is 0 Å². The van der Waals surface area contributed by atoms with Crippen LogP contribution < -0.4 is 0 Å². The van der Waals surface area contributed by atoms with Crippen LogP contribution in [0.5, 0.6) is 0 Å². The van der Waals surface area contributed by atoms with E-state index in [4.69, 9.17) is 14.2 Å². The maximum absolute atomic E-state index is 12.9. The molecule has 6 heteroatoms. The molecule has 448 valence electrons. The van der Waals surface area contributed by atoms with E-state index in [1.54, 1.807) is 0 Å². The first kappa shape index (κ1) is 74.3. The van der Waals surface area contributed by atoms with E-state index in [-0.39, 0.29) is 31.1 Å². The Morgan fingerprint density at radius 2 is 0.500 bits per heavy atom. The molecule has 6 nitrogen and oxygen atoms in total. The van der Waals surface area contributed by atoms with Gasteiger partial charge in [-0.1, -0.05) is 298 Å². The Hall–Kier alpha value is -3.67. The van der Waals surface area contributed by atoms with Gasteiger partial charge in [-0.2, -0.15) is 0 Å². The molecular formula is C72H124O6. The number of hydrogen-bond donors (Lipinski definition) is 0. The van der Waals surface area contributed by atoms with E-state index in [1.165, 1.54) is 167 Å². The lowest BCUT2D eigenvalue weighted by Gasteiger charge is -2.18. The van der Waals surface area contributed by atoms with Crippen molar-refractivity contribution >= 4 is 17.9 Å². The quantitative estimate of drug-likeness (QED) is 0.0261. The van der Waals surface area contributed by atoms with Crippen molar-refractivity contribution in [3.05, 3.63) is 97.2 Å². The van der Waals surface area contributed by atoms with Crippen molar-refractivity contribution in [3.8, 4) is 0 Å². The zero-order valence-corrected chi connectivity index (χ0v) is 51.4. The smallest absolute Gasteiger partial charge is 0.306 e. The molecule has 0 saturated heterocycles. The fraction of sp³-hybridized carbons (Fsp3) is 0.736. The molecule has 0 aliphatic heterocycles. The summed E-state index contributed by atoms with van der Waals surface area (Å²) in [6.45, 7) is 6.53. The van der Waals surface area contributed by atoms with E-state index in [2.05, 4.69) is 118 Å². The highest BCUT2D eigenvalue weighted by Crippen LogP contribution is 2.16. The third-order valence-electron chi connectivity index (χ3n) is 14.3. The number of esters is 3. The van der Waals surface area contributed by atoms with Crippen molar-refractivity contribution < 1.29 is 28.6 Å². The summed E-state index contributed by atoms with van der Waals surface area (Å²) in [7, 11) is 0. The van der Waals surface area contributed by atoms with E-state index in [9.17, 15) is 14.4 Å². The van der Waals surface area contributed by atoms with Gasteiger partial charge in [-0.3, -0.25) is 14.4 Å². The molecule has 0 aromatic carbocycles. The standard InChI is InChI=1S/C72H124O6/c1-4-7-10-13-16-19-22-25-27-29-31-33-34-35-36-37-38-40-41-43-45-47-50-53-56-59-62-65-71(74)77-68-69(67-76-70(73)64-61-58-55-52-49-24-21-18-15-12-9-6-3)78-72(75)66-63-60-57-54-51-48-46-44-42-39-32-30-28-26-23-20-17-14-11-8-5-2/h7,10,16,19,23,25-27,30-33,35-36,42,44,69H,4-6,8-9,11-15,17-18,20-22,24,28-29,34,37-41,43,45-68H2,1-3H3/b10-7-,19-16-,26-23-,27-25-,32-30-,33-31-,36-35-,44-42-. The van der Waals surface area contributed by atoms with Gasteiger partial charge in [0.1, 0.15) is 13.2 Å². The number of allylic oxidation sites excluding steroid dienone is 16. The lowest BCUT2D eigenvalue weighted by molar-refractivity contribution is -0.167. The number of unbranched alkanes of at least 4 members (excludes halogenated alkanes) is 33. The van der Waals surface area contributed by atoms with E-state index in [0.717, 1.165) is 116 Å². The highest BCUT2D eigenvalue weighted by molar-refractivity contribution is 5.71. The minimum atomic E-state index is -0.786. The molecule has 1 unspecified atom stereocenters. The fourth-order valence-corrected chi connectivity index (χ4v) is 9.36. The summed E-state index contributed by atoms with van der Waals surface area (Å²) in [4.78, 5) is 38.3. The molecule has 0 saturated carbocycles. The summed E-state index contributed by atoms with van der Waals surface area (Å²) >= 11 is 0. The second-order valence-electron chi connectivity index (χ2n) is 22.0.